The van der Waals surface area contributed by atoms with E-state index in [2.05, 4.69) is 15.6 Å². The third kappa shape index (κ3) is 8.35. The third-order valence-electron chi connectivity index (χ3n) is 4.42. The summed E-state index contributed by atoms with van der Waals surface area (Å²) in [6.07, 6.45) is -0.214. The van der Waals surface area contributed by atoms with Gasteiger partial charge in [-0.2, -0.15) is 0 Å². The van der Waals surface area contributed by atoms with E-state index in [9.17, 15) is 9.18 Å². The highest BCUT2D eigenvalue weighted by Gasteiger charge is 2.17. The van der Waals surface area contributed by atoms with Crippen LogP contribution in [0, 0.1) is 11.2 Å². The van der Waals surface area contributed by atoms with Crippen LogP contribution in [0.5, 0.6) is 5.75 Å². The number of aliphatic imine (C=N–C) groups is 1. The molecule has 0 heterocycles. The molecular formula is C23H32FN5O2. The van der Waals surface area contributed by atoms with Gasteiger partial charge in [-0.05, 0) is 53.8 Å². The van der Waals surface area contributed by atoms with Crippen molar-refractivity contribution in [2.75, 3.05) is 13.7 Å². The maximum atomic E-state index is 13.1. The van der Waals surface area contributed by atoms with Crippen molar-refractivity contribution in [2.24, 2.45) is 21.9 Å². The van der Waals surface area contributed by atoms with Gasteiger partial charge in [0.2, 0.25) is 0 Å². The number of nitrogens with one attached hydrogen (secondary N) is 2. The predicted octanol–water partition coefficient (Wildman–Crippen LogP) is 2.93. The van der Waals surface area contributed by atoms with Crippen molar-refractivity contribution in [3.8, 4) is 5.75 Å². The quantitative estimate of drug-likeness (QED) is 0.307. The van der Waals surface area contributed by atoms with Gasteiger partial charge in [-0.25, -0.2) is 4.39 Å². The fourth-order valence-corrected chi connectivity index (χ4v) is 2.71. The van der Waals surface area contributed by atoms with Crippen molar-refractivity contribution in [2.45, 2.75) is 39.4 Å². The Labute approximate surface area is 183 Å². The van der Waals surface area contributed by atoms with Gasteiger partial charge in [0.05, 0.1) is 13.3 Å². The summed E-state index contributed by atoms with van der Waals surface area (Å²) in [5.74, 6) is 0.289. The smallest absolute Gasteiger partial charge is 0.257 e. The predicted molar refractivity (Wildman–Crippen MR) is 121 cm³/mol. The van der Waals surface area contributed by atoms with Gasteiger partial charge in [0.25, 0.3) is 5.91 Å². The number of amides is 1. The summed E-state index contributed by atoms with van der Waals surface area (Å²) in [7, 11) is 1.56. The second-order valence-corrected chi connectivity index (χ2v) is 8.55. The van der Waals surface area contributed by atoms with Crippen LogP contribution in [0.4, 0.5) is 4.39 Å². The molecule has 2 atom stereocenters. The maximum absolute atomic E-state index is 13.1. The second-order valence-electron chi connectivity index (χ2n) is 8.55. The zero-order valence-corrected chi connectivity index (χ0v) is 18.5. The van der Waals surface area contributed by atoms with Gasteiger partial charge >= 0.3 is 0 Å². The number of methoxy groups -OCH3 is 1. The molecule has 0 aliphatic rings. The van der Waals surface area contributed by atoms with Gasteiger partial charge in [-0.1, -0.05) is 32.9 Å². The molecule has 6 N–H and O–H groups in total. The molecule has 2 aromatic carbocycles. The molecule has 168 valence electrons. The minimum absolute atomic E-state index is 0.0770. The zero-order chi connectivity index (χ0) is 23.0. The van der Waals surface area contributed by atoms with E-state index in [1.165, 1.54) is 12.1 Å². The van der Waals surface area contributed by atoms with Crippen LogP contribution in [0.15, 0.2) is 53.5 Å². The molecule has 2 rings (SSSR count). The molecule has 0 saturated heterocycles. The molecular weight excluding hydrogens is 397 g/mol. The SMILES string of the molecule is COc1ccc(C(=O)NC(=NCC(C)(C)C)NC(N)CC(N)c2ccc(F)cc2)cc1. The number of benzene rings is 2. The lowest BCUT2D eigenvalue weighted by Gasteiger charge is -2.22. The molecule has 1 amide bonds. The molecule has 0 spiro atoms. The highest BCUT2D eigenvalue weighted by Crippen LogP contribution is 2.16. The van der Waals surface area contributed by atoms with Gasteiger partial charge in [0, 0.05) is 18.2 Å². The average Bonchev–Trinajstić information content (AvgIpc) is 2.71. The van der Waals surface area contributed by atoms with E-state index in [-0.39, 0.29) is 23.1 Å². The molecule has 0 saturated carbocycles. The standard InChI is InChI=1S/C23H32FN5O2/c1-23(2,3)14-27-22(29-21(30)16-7-11-18(31-4)12-8-16)28-20(26)13-19(25)15-5-9-17(24)10-6-15/h5-12,19-20H,13-14,25-26H2,1-4H3,(H2,27,28,29,30). The number of rotatable bonds is 7. The molecule has 0 aliphatic heterocycles. The summed E-state index contributed by atoms with van der Waals surface area (Å²) in [6.45, 7) is 6.62. The van der Waals surface area contributed by atoms with Gasteiger partial charge in [0.15, 0.2) is 5.96 Å². The highest BCUT2D eigenvalue weighted by atomic mass is 19.1. The van der Waals surface area contributed by atoms with E-state index in [0.717, 1.165) is 5.56 Å². The summed E-state index contributed by atoms with van der Waals surface area (Å²) in [5, 5.41) is 5.83. The van der Waals surface area contributed by atoms with Crippen molar-refractivity contribution in [1.82, 2.24) is 10.6 Å². The number of halogens is 1. The van der Waals surface area contributed by atoms with Crippen LogP contribution < -0.4 is 26.8 Å². The number of hydrogen-bond donors (Lipinski definition) is 4. The van der Waals surface area contributed by atoms with Gasteiger partial charge < -0.3 is 21.5 Å². The fraction of sp³-hybridized carbons (Fsp3) is 0.391. The van der Waals surface area contributed by atoms with E-state index in [4.69, 9.17) is 16.2 Å². The first kappa shape index (κ1) is 24.3. The van der Waals surface area contributed by atoms with Gasteiger partial charge in [-0.15, -0.1) is 0 Å². The first-order valence-corrected chi connectivity index (χ1v) is 10.1. The molecule has 31 heavy (non-hydrogen) atoms. The zero-order valence-electron chi connectivity index (χ0n) is 18.5. The molecule has 2 aromatic rings. The Morgan fingerprint density at radius 2 is 1.71 bits per heavy atom. The van der Waals surface area contributed by atoms with E-state index in [1.54, 1.807) is 43.5 Å². The number of carbonyl (C=O) groups excluding carboxylic acids is 1. The van der Waals surface area contributed by atoms with Crippen LogP contribution in [0.1, 0.15) is 49.2 Å². The van der Waals surface area contributed by atoms with E-state index >= 15 is 0 Å². The van der Waals surface area contributed by atoms with Gasteiger partial charge in [-0.3, -0.25) is 15.1 Å². The summed E-state index contributed by atoms with van der Waals surface area (Å²) >= 11 is 0. The first-order valence-electron chi connectivity index (χ1n) is 10.1. The minimum atomic E-state index is -0.574. The van der Waals surface area contributed by atoms with Crippen molar-refractivity contribution in [1.29, 1.82) is 0 Å². The Hall–Kier alpha value is -2.97. The van der Waals surface area contributed by atoms with Crippen LogP contribution in [0.25, 0.3) is 0 Å². The van der Waals surface area contributed by atoms with Crippen molar-refractivity contribution < 1.29 is 13.9 Å². The monoisotopic (exact) mass is 429 g/mol. The van der Waals surface area contributed by atoms with E-state index in [0.29, 0.717) is 24.3 Å². The van der Waals surface area contributed by atoms with E-state index in [1.807, 2.05) is 20.8 Å². The molecule has 8 heteroatoms. The van der Waals surface area contributed by atoms with Crippen molar-refractivity contribution in [3.63, 3.8) is 0 Å². The lowest BCUT2D eigenvalue weighted by atomic mass is 9.97. The van der Waals surface area contributed by atoms with Crippen LogP contribution in [-0.2, 0) is 0 Å². The van der Waals surface area contributed by atoms with Crippen LogP contribution in [-0.4, -0.2) is 31.7 Å². The molecule has 2 unspecified atom stereocenters. The fourth-order valence-electron chi connectivity index (χ4n) is 2.71. The number of ether oxygens (including phenoxy) is 1. The molecule has 0 aliphatic carbocycles. The molecule has 7 nitrogen and oxygen atoms in total. The lowest BCUT2D eigenvalue weighted by Crippen LogP contribution is -2.50. The number of hydrogen-bond acceptors (Lipinski definition) is 5. The van der Waals surface area contributed by atoms with Crippen molar-refractivity contribution in [3.05, 3.63) is 65.5 Å². The average molecular weight is 430 g/mol. The lowest BCUT2D eigenvalue weighted by molar-refractivity contribution is 0.0975. The molecule has 0 fully saturated rings. The molecule has 0 radical (unpaired) electrons. The largest absolute Gasteiger partial charge is 0.497 e. The van der Waals surface area contributed by atoms with E-state index < -0.39 is 12.2 Å². The van der Waals surface area contributed by atoms with Crippen LogP contribution in [0.3, 0.4) is 0 Å². The Morgan fingerprint density at radius 3 is 2.26 bits per heavy atom. The molecule has 0 bridgehead atoms. The Bertz CT molecular complexity index is 876. The number of nitrogens with zero attached hydrogens (tertiary/aromatic N) is 1. The first-order chi connectivity index (χ1) is 14.6. The Kier molecular flexibility index (Phi) is 8.53. The summed E-state index contributed by atoms with van der Waals surface area (Å²) < 4.78 is 18.3. The summed E-state index contributed by atoms with van der Waals surface area (Å²) in [5.41, 5.74) is 13.6. The number of nitrogens with two attached hydrogens (primary N) is 2. The molecule has 0 aromatic heterocycles. The maximum Gasteiger partial charge on any atom is 0.257 e. The number of carbonyl (C=O) groups is 1. The van der Waals surface area contributed by atoms with Crippen molar-refractivity contribution >= 4 is 11.9 Å². The second kappa shape index (κ2) is 10.9. The normalized spacial score (nSPS) is 14.0. The van der Waals surface area contributed by atoms with Gasteiger partial charge in [0.1, 0.15) is 11.6 Å². The summed E-state index contributed by atoms with van der Waals surface area (Å²) in [4.78, 5) is 17.2. The summed E-state index contributed by atoms with van der Waals surface area (Å²) in [6, 6.07) is 12.3. The van der Waals surface area contributed by atoms with Crippen LogP contribution in [0.2, 0.25) is 0 Å². The number of guanidine groups is 1. The minimum Gasteiger partial charge on any atom is -0.497 e. The topological polar surface area (TPSA) is 115 Å². The highest BCUT2D eigenvalue weighted by molar-refractivity contribution is 6.05. The Balaban J connectivity index is 2.07. The third-order valence-corrected chi connectivity index (χ3v) is 4.42. The Morgan fingerprint density at radius 1 is 1.10 bits per heavy atom. The van der Waals surface area contributed by atoms with Crippen LogP contribution >= 0.6 is 0 Å².